The summed E-state index contributed by atoms with van der Waals surface area (Å²) < 4.78 is 45.4. The fraction of sp³-hybridized carbons (Fsp3) is 0.105. The third-order valence-electron chi connectivity index (χ3n) is 3.96. The first-order valence-electron chi connectivity index (χ1n) is 8.08. The molecule has 1 fully saturated rings. The molecule has 1 aliphatic rings. The van der Waals surface area contributed by atoms with Crippen LogP contribution in [0.15, 0.2) is 53.0 Å². The largest absolute Gasteiger partial charge is 0.457 e. The minimum absolute atomic E-state index is 0.0212. The van der Waals surface area contributed by atoms with Crippen molar-refractivity contribution in [3.05, 3.63) is 64.9 Å². The van der Waals surface area contributed by atoms with Crippen LogP contribution >= 0.6 is 23.8 Å². The van der Waals surface area contributed by atoms with Gasteiger partial charge in [-0.15, -0.1) is 6.58 Å². The average molecular weight is 441 g/mol. The lowest BCUT2D eigenvalue weighted by Crippen LogP contribution is -2.53. The maximum Gasteiger partial charge on any atom is 0.417 e. The molecule has 29 heavy (non-hydrogen) atoms. The minimum Gasteiger partial charge on any atom is -0.457 e. The van der Waals surface area contributed by atoms with Gasteiger partial charge >= 0.3 is 6.18 Å². The molecule has 2 aromatic rings. The van der Waals surface area contributed by atoms with Gasteiger partial charge in [-0.1, -0.05) is 17.7 Å². The van der Waals surface area contributed by atoms with Gasteiger partial charge in [-0.2, -0.15) is 13.2 Å². The van der Waals surface area contributed by atoms with Gasteiger partial charge in [0.15, 0.2) is 5.11 Å². The molecule has 0 saturated carbocycles. The van der Waals surface area contributed by atoms with E-state index in [1.807, 2.05) is 0 Å². The Morgan fingerprint density at radius 1 is 1.24 bits per heavy atom. The normalized spacial score (nSPS) is 16.3. The van der Waals surface area contributed by atoms with Gasteiger partial charge in [0.2, 0.25) is 0 Å². The van der Waals surface area contributed by atoms with Crippen molar-refractivity contribution in [2.24, 2.45) is 0 Å². The Kier molecular flexibility index (Phi) is 5.63. The summed E-state index contributed by atoms with van der Waals surface area (Å²) in [7, 11) is 0. The minimum atomic E-state index is -4.65. The van der Waals surface area contributed by atoms with E-state index in [1.165, 1.54) is 30.3 Å². The quantitative estimate of drug-likeness (QED) is 0.330. The number of thiocarbonyl (C=S) groups is 1. The molecule has 2 heterocycles. The lowest BCUT2D eigenvalue weighted by atomic mass is 10.1. The van der Waals surface area contributed by atoms with E-state index in [2.05, 4.69) is 11.9 Å². The number of nitrogens with zero attached hydrogens (tertiary/aromatic N) is 1. The summed E-state index contributed by atoms with van der Waals surface area (Å²) >= 11 is 10.6. The van der Waals surface area contributed by atoms with Crippen LogP contribution in [0.1, 0.15) is 11.3 Å². The van der Waals surface area contributed by atoms with Crippen LogP contribution in [-0.2, 0) is 15.8 Å². The lowest BCUT2D eigenvalue weighted by Gasteiger charge is -2.27. The van der Waals surface area contributed by atoms with Crippen molar-refractivity contribution in [3.63, 3.8) is 0 Å². The van der Waals surface area contributed by atoms with E-state index in [9.17, 15) is 22.8 Å². The molecule has 1 aromatic heterocycles. The number of benzene rings is 1. The molecule has 0 atom stereocenters. The number of amides is 2. The van der Waals surface area contributed by atoms with Gasteiger partial charge in [0.05, 0.1) is 5.56 Å². The molecule has 2 amide bonds. The van der Waals surface area contributed by atoms with E-state index in [1.54, 1.807) is 0 Å². The molecule has 0 radical (unpaired) electrons. The Hall–Kier alpha value is -2.91. The summed E-state index contributed by atoms with van der Waals surface area (Å²) in [6, 6.07) is 5.94. The van der Waals surface area contributed by atoms with Gasteiger partial charge in [-0.25, -0.2) is 0 Å². The fourth-order valence-corrected chi connectivity index (χ4v) is 3.09. The highest BCUT2D eigenvalue weighted by Crippen LogP contribution is 2.39. The summed E-state index contributed by atoms with van der Waals surface area (Å²) in [6.07, 6.45) is -2.07. The summed E-state index contributed by atoms with van der Waals surface area (Å²) in [5.41, 5.74) is -1.46. The van der Waals surface area contributed by atoms with E-state index in [0.717, 1.165) is 17.0 Å². The molecular weight excluding hydrogens is 429 g/mol. The maximum atomic E-state index is 13.3. The van der Waals surface area contributed by atoms with Crippen LogP contribution in [0.25, 0.3) is 17.4 Å². The van der Waals surface area contributed by atoms with Crippen molar-refractivity contribution in [3.8, 4) is 11.3 Å². The highest BCUT2D eigenvalue weighted by Gasteiger charge is 2.35. The number of furan rings is 1. The van der Waals surface area contributed by atoms with Gasteiger partial charge in [-0.3, -0.25) is 19.8 Å². The third kappa shape index (κ3) is 4.25. The second-order valence-corrected chi connectivity index (χ2v) is 6.73. The number of halogens is 4. The average Bonchev–Trinajstić information content (AvgIpc) is 3.10. The van der Waals surface area contributed by atoms with Crippen LogP contribution in [0.4, 0.5) is 13.2 Å². The number of carbonyl (C=O) groups excluding carboxylic acids is 2. The monoisotopic (exact) mass is 440 g/mol. The Bertz CT molecular complexity index is 1060. The fourth-order valence-electron chi connectivity index (χ4n) is 2.67. The van der Waals surface area contributed by atoms with Gasteiger partial charge in [0, 0.05) is 17.1 Å². The number of hydrogen-bond acceptors (Lipinski definition) is 4. The molecule has 0 spiro atoms. The smallest absolute Gasteiger partial charge is 0.417 e. The second-order valence-electron chi connectivity index (χ2n) is 5.91. The molecule has 0 bridgehead atoms. The van der Waals surface area contributed by atoms with Gasteiger partial charge in [-0.05, 0) is 48.6 Å². The van der Waals surface area contributed by atoms with Crippen LogP contribution in [-0.4, -0.2) is 28.4 Å². The van der Waals surface area contributed by atoms with Crippen molar-refractivity contribution < 1.29 is 27.2 Å². The Morgan fingerprint density at radius 3 is 2.62 bits per heavy atom. The van der Waals surface area contributed by atoms with Gasteiger partial charge in [0.1, 0.15) is 17.1 Å². The van der Waals surface area contributed by atoms with E-state index in [4.69, 9.17) is 28.2 Å². The number of carbonyl (C=O) groups is 2. The second kappa shape index (κ2) is 7.84. The zero-order valence-electron chi connectivity index (χ0n) is 14.5. The lowest BCUT2D eigenvalue weighted by molar-refractivity contribution is -0.137. The third-order valence-corrected chi connectivity index (χ3v) is 4.52. The maximum absolute atomic E-state index is 13.3. The Morgan fingerprint density at radius 2 is 1.97 bits per heavy atom. The van der Waals surface area contributed by atoms with Crippen molar-refractivity contribution in [1.29, 1.82) is 0 Å². The van der Waals surface area contributed by atoms with E-state index in [0.29, 0.717) is 0 Å². The first-order valence-corrected chi connectivity index (χ1v) is 8.87. The number of alkyl halides is 3. The highest BCUT2D eigenvalue weighted by atomic mass is 35.5. The van der Waals surface area contributed by atoms with Crippen molar-refractivity contribution in [1.82, 2.24) is 10.2 Å². The molecule has 3 rings (SSSR count). The zero-order chi connectivity index (χ0) is 21.3. The van der Waals surface area contributed by atoms with Crippen LogP contribution < -0.4 is 5.32 Å². The van der Waals surface area contributed by atoms with Crippen LogP contribution in [0.5, 0.6) is 0 Å². The van der Waals surface area contributed by atoms with E-state index >= 15 is 0 Å². The molecule has 5 nitrogen and oxygen atoms in total. The standard InChI is InChI=1S/C19H12ClF3N2O3S/c1-2-7-25-17(27)13(16(26)24-18(25)29)9-11-4-6-15(28-11)12-5-3-10(20)8-14(12)19(21,22)23/h2-6,8-9H,1,7H2,(H,24,26,29)/b13-9+. The molecular formula is C19H12ClF3N2O3S. The summed E-state index contributed by atoms with van der Waals surface area (Å²) in [4.78, 5) is 25.7. The predicted octanol–water partition coefficient (Wildman–Crippen LogP) is 4.43. The SMILES string of the molecule is C=CCN1C(=O)/C(=C/c2ccc(-c3ccc(Cl)cc3C(F)(F)F)o2)C(=O)NC1=S. The predicted molar refractivity (Wildman–Crippen MR) is 105 cm³/mol. The van der Waals surface area contributed by atoms with Crippen molar-refractivity contribution in [2.45, 2.75) is 6.18 Å². The van der Waals surface area contributed by atoms with Crippen LogP contribution in [0.3, 0.4) is 0 Å². The van der Waals surface area contributed by atoms with Crippen LogP contribution in [0, 0.1) is 0 Å². The highest BCUT2D eigenvalue weighted by molar-refractivity contribution is 7.80. The van der Waals surface area contributed by atoms with Gasteiger partial charge in [0.25, 0.3) is 11.8 Å². The van der Waals surface area contributed by atoms with Crippen molar-refractivity contribution in [2.75, 3.05) is 6.54 Å². The number of hydrogen-bond donors (Lipinski definition) is 1. The Balaban J connectivity index is 1.99. The summed E-state index contributed by atoms with van der Waals surface area (Å²) in [5, 5.41) is 2.23. The van der Waals surface area contributed by atoms with Crippen LogP contribution in [0.2, 0.25) is 5.02 Å². The first-order chi connectivity index (χ1) is 13.6. The molecule has 0 unspecified atom stereocenters. The molecule has 150 valence electrons. The topological polar surface area (TPSA) is 62.6 Å². The Labute approximate surface area is 173 Å². The first kappa shape index (κ1) is 20.8. The summed E-state index contributed by atoms with van der Waals surface area (Å²) in [6.45, 7) is 3.60. The van der Waals surface area contributed by atoms with E-state index in [-0.39, 0.29) is 39.3 Å². The van der Waals surface area contributed by atoms with Crippen molar-refractivity contribution >= 4 is 46.8 Å². The summed E-state index contributed by atoms with van der Waals surface area (Å²) in [5.74, 6) is -1.48. The zero-order valence-corrected chi connectivity index (χ0v) is 16.1. The van der Waals surface area contributed by atoms with Gasteiger partial charge < -0.3 is 4.42 Å². The molecule has 10 heteroatoms. The molecule has 1 aromatic carbocycles. The molecule has 1 aliphatic heterocycles. The molecule has 0 aliphatic carbocycles. The van der Waals surface area contributed by atoms with E-state index < -0.39 is 23.6 Å². The number of nitrogens with one attached hydrogen (secondary N) is 1. The number of rotatable bonds is 4. The molecule has 1 saturated heterocycles. The molecule has 1 N–H and O–H groups in total.